The summed E-state index contributed by atoms with van der Waals surface area (Å²) in [5.41, 5.74) is 0. The Bertz CT molecular complexity index is 773. The third kappa shape index (κ3) is 32.5. The van der Waals surface area contributed by atoms with Crippen molar-refractivity contribution in [2.75, 3.05) is 6.54 Å². The Kier molecular flexibility index (Phi) is 31.7. The van der Waals surface area contributed by atoms with E-state index >= 15 is 0 Å². The first-order valence-electron chi connectivity index (χ1n) is 18.1. The van der Waals surface area contributed by atoms with Crippen LogP contribution in [0, 0.1) is 0 Å². The van der Waals surface area contributed by atoms with E-state index in [1.165, 1.54) is 77.0 Å². The number of hydrogen-bond acceptors (Lipinski definition) is 4. The van der Waals surface area contributed by atoms with Crippen molar-refractivity contribution in [1.82, 2.24) is 5.32 Å². The minimum atomic E-state index is -1.02. The molecule has 6 nitrogen and oxygen atoms in total. The number of carbonyl (C=O) groups excluding carboxylic acids is 2. The maximum absolute atomic E-state index is 12.6. The molecule has 0 spiro atoms. The monoisotopic (exact) mass is 618 g/mol. The molecule has 0 aromatic heterocycles. The molecule has 6 heteroatoms. The van der Waals surface area contributed by atoms with Gasteiger partial charge in [0.05, 0.1) is 0 Å². The fourth-order valence-corrected chi connectivity index (χ4v) is 5.04. The summed E-state index contributed by atoms with van der Waals surface area (Å²) < 4.78 is 5.88. The average molecular weight is 618 g/mol. The molecule has 1 atom stereocenters. The number of hydrogen-bond donors (Lipinski definition) is 2. The van der Waals surface area contributed by atoms with Crippen LogP contribution in [0.2, 0.25) is 0 Å². The molecule has 0 aliphatic carbocycles. The van der Waals surface area contributed by atoms with Crippen molar-refractivity contribution in [3.05, 3.63) is 36.5 Å². The highest BCUT2D eigenvalue weighted by atomic mass is 16.5. The number of rotatable bonds is 32. The number of aliphatic carboxylic acids is 1. The van der Waals surface area contributed by atoms with E-state index in [2.05, 4.69) is 55.6 Å². The van der Waals surface area contributed by atoms with Gasteiger partial charge in [-0.1, -0.05) is 121 Å². The highest BCUT2D eigenvalue weighted by Gasteiger charge is 2.11. The number of carboxylic acid groups (broad SMARTS) is 1. The van der Waals surface area contributed by atoms with Crippen LogP contribution in [0.5, 0.6) is 0 Å². The lowest BCUT2D eigenvalue weighted by atomic mass is 10.1. The topological polar surface area (TPSA) is 92.7 Å². The van der Waals surface area contributed by atoms with Crippen molar-refractivity contribution < 1.29 is 24.2 Å². The molecule has 44 heavy (non-hydrogen) atoms. The van der Waals surface area contributed by atoms with Crippen molar-refractivity contribution in [2.24, 2.45) is 0 Å². The first-order valence-corrected chi connectivity index (χ1v) is 18.1. The first kappa shape index (κ1) is 41.6. The summed E-state index contributed by atoms with van der Waals surface area (Å²) in [6, 6.07) is 0. The molecule has 1 unspecified atom stereocenters. The van der Waals surface area contributed by atoms with Gasteiger partial charge in [0.25, 0.3) is 0 Å². The smallest absolute Gasteiger partial charge is 0.322 e. The Morgan fingerprint density at radius 1 is 0.614 bits per heavy atom. The van der Waals surface area contributed by atoms with Gasteiger partial charge in [0.1, 0.15) is 12.6 Å². The second-order valence-electron chi connectivity index (χ2n) is 12.1. The Balaban J connectivity index is 4.22. The minimum Gasteiger partial charge on any atom is -0.480 e. The van der Waals surface area contributed by atoms with E-state index in [-0.39, 0.29) is 24.5 Å². The standard InChI is InChI=1S/C38H67NO5/c1-3-5-7-9-11-13-14-15-16-17-19-25-29-33-38(43)44-35(30-26-22-18-12-10-8-6-4-2)31-27-23-20-21-24-28-32-36(40)39-34-37(41)42/h12-14,18,26,30,35H,3-11,15-17,19-25,27-29,31-34H2,1-2H3,(H,39,40)(H,41,42)/b14-13-,18-12-,30-26-. The van der Waals surface area contributed by atoms with Crippen LogP contribution in [0.25, 0.3) is 0 Å². The Morgan fingerprint density at radius 2 is 1.11 bits per heavy atom. The molecule has 0 radical (unpaired) electrons. The van der Waals surface area contributed by atoms with Crippen LogP contribution in [-0.2, 0) is 19.1 Å². The average Bonchev–Trinajstić information content (AvgIpc) is 3.00. The summed E-state index contributed by atoms with van der Waals surface area (Å²) in [7, 11) is 0. The lowest BCUT2D eigenvalue weighted by molar-refractivity contribution is -0.147. The van der Waals surface area contributed by atoms with Crippen LogP contribution < -0.4 is 5.32 Å². The van der Waals surface area contributed by atoms with Crippen LogP contribution >= 0.6 is 0 Å². The molecule has 0 aliphatic heterocycles. The highest BCUT2D eigenvalue weighted by molar-refractivity contribution is 5.80. The molecule has 0 saturated heterocycles. The number of esters is 1. The summed E-state index contributed by atoms with van der Waals surface area (Å²) in [5, 5.41) is 11.0. The SMILES string of the molecule is CCCCC/C=C\C/C=C\C(CCCCCCCCC(=O)NCC(=O)O)OC(=O)CCCCCCC/C=C\CCCCCC. The van der Waals surface area contributed by atoms with Crippen molar-refractivity contribution >= 4 is 17.8 Å². The van der Waals surface area contributed by atoms with E-state index in [9.17, 15) is 14.4 Å². The largest absolute Gasteiger partial charge is 0.480 e. The molecule has 254 valence electrons. The molecule has 2 N–H and O–H groups in total. The lowest BCUT2D eigenvalue weighted by Crippen LogP contribution is -2.28. The van der Waals surface area contributed by atoms with Crippen LogP contribution in [0.1, 0.15) is 174 Å². The second kappa shape index (κ2) is 33.5. The van der Waals surface area contributed by atoms with E-state index in [0.717, 1.165) is 70.6 Å². The predicted octanol–water partition coefficient (Wildman–Crippen LogP) is 10.6. The molecule has 0 saturated carbocycles. The number of ether oxygens (including phenoxy) is 1. The summed E-state index contributed by atoms with van der Waals surface area (Å²) in [5.74, 6) is -1.30. The number of carboxylic acids is 1. The van der Waals surface area contributed by atoms with Crippen LogP contribution in [0.15, 0.2) is 36.5 Å². The van der Waals surface area contributed by atoms with Crippen molar-refractivity contribution in [3.8, 4) is 0 Å². The van der Waals surface area contributed by atoms with Crippen LogP contribution in [-0.4, -0.2) is 35.6 Å². The lowest BCUT2D eigenvalue weighted by Gasteiger charge is -2.14. The van der Waals surface area contributed by atoms with E-state index in [1.54, 1.807) is 0 Å². The van der Waals surface area contributed by atoms with Gasteiger partial charge in [-0.15, -0.1) is 0 Å². The normalized spacial score (nSPS) is 12.4. The van der Waals surface area contributed by atoms with Gasteiger partial charge < -0.3 is 15.2 Å². The first-order chi connectivity index (χ1) is 21.5. The molecular formula is C38H67NO5. The van der Waals surface area contributed by atoms with Gasteiger partial charge in [-0.3, -0.25) is 14.4 Å². The van der Waals surface area contributed by atoms with Gasteiger partial charge >= 0.3 is 11.9 Å². The number of amides is 1. The van der Waals surface area contributed by atoms with Crippen molar-refractivity contribution in [2.45, 2.75) is 180 Å². The van der Waals surface area contributed by atoms with Crippen LogP contribution in [0.3, 0.4) is 0 Å². The zero-order valence-electron chi connectivity index (χ0n) is 28.5. The summed E-state index contributed by atoms with van der Waals surface area (Å²) >= 11 is 0. The molecule has 0 aromatic rings. The van der Waals surface area contributed by atoms with Gasteiger partial charge in [-0.25, -0.2) is 0 Å². The zero-order chi connectivity index (χ0) is 32.4. The van der Waals surface area contributed by atoms with E-state index in [4.69, 9.17) is 9.84 Å². The van der Waals surface area contributed by atoms with E-state index in [0.29, 0.717) is 12.8 Å². The molecule has 0 bridgehead atoms. The van der Waals surface area contributed by atoms with Gasteiger partial charge in [-0.05, 0) is 76.7 Å². The van der Waals surface area contributed by atoms with Crippen molar-refractivity contribution in [3.63, 3.8) is 0 Å². The number of carbonyl (C=O) groups is 3. The fraction of sp³-hybridized carbons (Fsp3) is 0.763. The summed E-state index contributed by atoms with van der Waals surface area (Å²) in [6.45, 7) is 4.16. The molecule has 0 aliphatic rings. The zero-order valence-corrected chi connectivity index (χ0v) is 28.5. The number of allylic oxidation sites excluding steroid dienone is 5. The second-order valence-corrected chi connectivity index (χ2v) is 12.1. The number of nitrogens with one attached hydrogen (secondary N) is 1. The van der Waals surface area contributed by atoms with Crippen LogP contribution in [0.4, 0.5) is 0 Å². The van der Waals surface area contributed by atoms with Gasteiger partial charge in [0, 0.05) is 12.8 Å². The molecule has 0 rings (SSSR count). The predicted molar refractivity (Wildman–Crippen MR) is 185 cm³/mol. The molecule has 0 aromatic carbocycles. The summed E-state index contributed by atoms with van der Waals surface area (Å²) in [4.78, 5) is 34.7. The molecule has 0 heterocycles. The molecular weight excluding hydrogens is 550 g/mol. The number of unbranched alkanes of at least 4 members (excludes halogenated alkanes) is 17. The quantitative estimate of drug-likeness (QED) is 0.0445. The Hall–Kier alpha value is -2.37. The fourth-order valence-electron chi connectivity index (χ4n) is 5.04. The van der Waals surface area contributed by atoms with Gasteiger partial charge in [0.2, 0.25) is 5.91 Å². The van der Waals surface area contributed by atoms with Crippen molar-refractivity contribution in [1.29, 1.82) is 0 Å². The minimum absolute atomic E-state index is 0.0815. The van der Waals surface area contributed by atoms with E-state index < -0.39 is 5.97 Å². The molecule has 1 amide bonds. The Labute approximate surface area is 270 Å². The highest BCUT2D eigenvalue weighted by Crippen LogP contribution is 2.15. The molecule has 0 fully saturated rings. The third-order valence-electron chi connectivity index (χ3n) is 7.77. The van der Waals surface area contributed by atoms with Gasteiger partial charge in [-0.2, -0.15) is 0 Å². The van der Waals surface area contributed by atoms with E-state index in [1.807, 2.05) is 0 Å². The summed E-state index contributed by atoms with van der Waals surface area (Å²) in [6.07, 6.45) is 39.9. The Morgan fingerprint density at radius 3 is 1.75 bits per heavy atom. The maximum Gasteiger partial charge on any atom is 0.322 e. The van der Waals surface area contributed by atoms with Gasteiger partial charge in [0.15, 0.2) is 0 Å². The maximum atomic E-state index is 12.6. The third-order valence-corrected chi connectivity index (χ3v) is 7.77.